The van der Waals surface area contributed by atoms with Gasteiger partial charge >= 0.3 is 0 Å². The molecule has 0 heterocycles. The van der Waals surface area contributed by atoms with Gasteiger partial charge in [-0.25, -0.2) is 0 Å². The van der Waals surface area contributed by atoms with Gasteiger partial charge in [0.05, 0.1) is 17.3 Å². The minimum Gasteiger partial charge on any atom is -0.297 e. The summed E-state index contributed by atoms with van der Waals surface area (Å²) in [5, 5.41) is 4.58. The zero-order valence-electron chi connectivity index (χ0n) is 17.9. The van der Waals surface area contributed by atoms with Crippen LogP contribution in [-0.2, 0) is 4.79 Å². The van der Waals surface area contributed by atoms with Gasteiger partial charge in [0.15, 0.2) is 11.6 Å². The molecule has 33 heavy (non-hydrogen) atoms. The largest absolute Gasteiger partial charge is 0.297 e. The van der Waals surface area contributed by atoms with Crippen molar-refractivity contribution in [3.8, 4) is 0 Å². The van der Waals surface area contributed by atoms with E-state index in [1.54, 1.807) is 6.07 Å². The van der Waals surface area contributed by atoms with E-state index in [1.165, 1.54) is 0 Å². The molecule has 4 aromatic rings. The molecule has 1 aliphatic carbocycles. The molecule has 4 nitrogen and oxygen atoms in total. The first-order valence-electron chi connectivity index (χ1n) is 10.9. The molecular formula is C29H22N2O2. The Morgan fingerprint density at radius 1 is 0.667 bits per heavy atom. The van der Waals surface area contributed by atoms with Gasteiger partial charge in [-0.15, -0.1) is 0 Å². The Balaban J connectivity index is 1.60. The lowest BCUT2D eigenvalue weighted by atomic mass is 9.80. The summed E-state index contributed by atoms with van der Waals surface area (Å²) < 4.78 is 0. The standard InChI is InChI=1S/C29H22N2O2/c32-28-24-19-11-10-18-23(24)27(31-30-22-16-8-3-9-17-22)26(28)29(33)25(20-12-4-1-5-13-20)21-14-6-2-7-15-21/h1-19,25-26,30H/b31-27-. The number of benzene rings is 4. The van der Waals surface area contributed by atoms with Crippen molar-refractivity contribution in [2.45, 2.75) is 5.92 Å². The number of para-hydroxylation sites is 1. The van der Waals surface area contributed by atoms with Crippen LogP contribution in [0.1, 0.15) is 33.0 Å². The number of nitrogens with zero attached hydrogens (tertiary/aromatic N) is 1. The molecule has 1 N–H and O–H groups in total. The fourth-order valence-corrected chi connectivity index (χ4v) is 4.36. The first kappa shape index (κ1) is 20.6. The summed E-state index contributed by atoms with van der Waals surface area (Å²) in [6.45, 7) is 0. The topological polar surface area (TPSA) is 58.5 Å². The van der Waals surface area contributed by atoms with Gasteiger partial charge in [-0.05, 0) is 23.3 Å². The zero-order chi connectivity index (χ0) is 22.6. The first-order chi connectivity index (χ1) is 16.2. The van der Waals surface area contributed by atoms with Crippen LogP contribution in [0, 0.1) is 5.92 Å². The number of carbonyl (C=O) groups is 2. The lowest BCUT2D eigenvalue weighted by molar-refractivity contribution is -0.120. The highest BCUT2D eigenvalue weighted by Gasteiger charge is 2.44. The van der Waals surface area contributed by atoms with Crippen LogP contribution in [0.4, 0.5) is 5.69 Å². The lowest BCUT2D eigenvalue weighted by Crippen LogP contribution is -2.32. The Labute approximate surface area is 192 Å². The Kier molecular flexibility index (Phi) is 5.64. The number of nitrogens with one attached hydrogen (secondary N) is 1. The minimum absolute atomic E-state index is 0.179. The maximum atomic E-state index is 14.1. The van der Waals surface area contributed by atoms with Crippen molar-refractivity contribution in [2.75, 3.05) is 5.43 Å². The summed E-state index contributed by atoms with van der Waals surface area (Å²) in [5.41, 5.74) is 7.22. The molecular weight excluding hydrogens is 408 g/mol. The third-order valence-electron chi connectivity index (χ3n) is 5.92. The number of anilines is 1. The summed E-state index contributed by atoms with van der Waals surface area (Å²) >= 11 is 0. The van der Waals surface area contributed by atoms with E-state index in [0.717, 1.165) is 16.8 Å². The van der Waals surface area contributed by atoms with Crippen LogP contribution >= 0.6 is 0 Å². The summed E-state index contributed by atoms with van der Waals surface area (Å²) in [5.74, 6) is -1.94. The third-order valence-corrected chi connectivity index (χ3v) is 5.92. The van der Waals surface area contributed by atoms with E-state index in [1.807, 2.05) is 109 Å². The molecule has 0 radical (unpaired) electrons. The van der Waals surface area contributed by atoms with Crippen molar-refractivity contribution < 1.29 is 9.59 Å². The maximum Gasteiger partial charge on any atom is 0.180 e. The van der Waals surface area contributed by atoms with Crippen LogP contribution in [0.5, 0.6) is 0 Å². The highest BCUT2D eigenvalue weighted by Crippen LogP contribution is 2.35. The number of rotatable bonds is 6. The van der Waals surface area contributed by atoms with Gasteiger partial charge in [0.2, 0.25) is 0 Å². The van der Waals surface area contributed by atoms with Gasteiger partial charge in [0.25, 0.3) is 0 Å². The number of hydrogen-bond acceptors (Lipinski definition) is 4. The normalized spacial score (nSPS) is 16.1. The van der Waals surface area contributed by atoms with Gasteiger partial charge in [0.1, 0.15) is 5.92 Å². The van der Waals surface area contributed by atoms with Gasteiger partial charge in [-0.3, -0.25) is 15.0 Å². The Bertz CT molecular complexity index is 1280. The van der Waals surface area contributed by atoms with Crippen molar-refractivity contribution >= 4 is 23.0 Å². The lowest BCUT2D eigenvalue weighted by Gasteiger charge is -2.20. The van der Waals surface area contributed by atoms with Crippen LogP contribution in [0.2, 0.25) is 0 Å². The highest BCUT2D eigenvalue weighted by molar-refractivity contribution is 6.38. The second-order valence-corrected chi connectivity index (χ2v) is 7.97. The molecule has 0 saturated carbocycles. The number of Topliss-reactive ketones (excluding diaryl/α,β-unsaturated/α-hetero) is 2. The fraction of sp³-hybridized carbons (Fsp3) is 0.0690. The minimum atomic E-state index is -0.982. The molecule has 0 amide bonds. The monoisotopic (exact) mass is 430 g/mol. The van der Waals surface area contributed by atoms with E-state index >= 15 is 0 Å². The Morgan fingerprint density at radius 2 is 1.15 bits per heavy atom. The molecule has 4 aromatic carbocycles. The zero-order valence-corrected chi connectivity index (χ0v) is 17.9. The van der Waals surface area contributed by atoms with E-state index in [0.29, 0.717) is 16.8 Å². The van der Waals surface area contributed by atoms with Crippen LogP contribution in [-0.4, -0.2) is 17.3 Å². The van der Waals surface area contributed by atoms with Gasteiger partial charge in [-0.1, -0.05) is 103 Å². The summed E-state index contributed by atoms with van der Waals surface area (Å²) in [7, 11) is 0. The molecule has 0 bridgehead atoms. The molecule has 0 spiro atoms. The average molecular weight is 431 g/mol. The molecule has 0 saturated heterocycles. The number of carbonyl (C=O) groups excluding carboxylic acids is 2. The Morgan fingerprint density at radius 3 is 1.73 bits per heavy atom. The van der Waals surface area contributed by atoms with Gasteiger partial charge in [0, 0.05) is 11.1 Å². The number of ketones is 2. The second-order valence-electron chi connectivity index (χ2n) is 7.97. The fourth-order valence-electron chi connectivity index (χ4n) is 4.36. The number of hydrazone groups is 1. The molecule has 5 rings (SSSR count). The van der Waals surface area contributed by atoms with Crippen molar-refractivity contribution in [1.29, 1.82) is 0 Å². The van der Waals surface area contributed by atoms with E-state index in [2.05, 4.69) is 10.5 Å². The Hall–Kier alpha value is -4.31. The van der Waals surface area contributed by atoms with E-state index < -0.39 is 11.8 Å². The van der Waals surface area contributed by atoms with Crippen LogP contribution in [0.3, 0.4) is 0 Å². The van der Waals surface area contributed by atoms with Crippen LogP contribution in [0.25, 0.3) is 0 Å². The summed E-state index contributed by atoms with van der Waals surface area (Å²) in [4.78, 5) is 27.6. The predicted octanol–water partition coefficient (Wildman–Crippen LogP) is 5.72. The second kappa shape index (κ2) is 9.05. The van der Waals surface area contributed by atoms with Crippen molar-refractivity contribution in [2.24, 2.45) is 11.0 Å². The summed E-state index contributed by atoms with van der Waals surface area (Å²) in [6, 6.07) is 36.0. The number of hydrogen-bond donors (Lipinski definition) is 1. The molecule has 1 aliphatic rings. The van der Waals surface area contributed by atoms with Crippen molar-refractivity contribution in [3.63, 3.8) is 0 Å². The van der Waals surface area contributed by atoms with Crippen molar-refractivity contribution in [3.05, 3.63) is 138 Å². The third kappa shape index (κ3) is 3.99. The molecule has 0 fully saturated rings. The van der Waals surface area contributed by atoms with Gasteiger partial charge in [-0.2, -0.15) is 5.10 Å². The number of fused-ring (bicyclic) bond motifs is 1. The van der Waals surface area contributed by atoms with Crippen LogP contribution in [0.15, 0.2) is 120 Å². The van der Waals surface area contributed by atoms with E-state index in [9.17, 15) is 9.59 Å². The molecule has 160 valence electrons. The summed E-state index contributed by atoms with van der Waals surface area (Å²) in [6.07, 6.45) is 0. The van der Waals surface area contributed by atoms with Crippen LogP contribution < -0.4 is 5.43 Å². The smallest absolute Gasteiger partial charge is 0.180 e. The quantitative estimate of drug-likeness (QED) is 0.315. The molecule has 0 aliphatic heterocycles. The van der Waals surface area contributed by atoms with Crippen molar-refractivity contribution in [1.82, 2.24) is 0 Å². The maximum absolute atomic E-state index is 14.1. The predicted molar refractivity (Wildman–Crippen MR) is 131 cm³/mol. The molecule has 1 unspecified atom stereocenters. The molecule has 4 heteroatoms. The van der Waals surface area contributed by atoms with Gasteiger partial charge < -0.3 is 0 Å². The first-order valence-corrected chi connectivity index (χ1v) is 10.9. The van der Waals surface area contributed by atoms with E-state index in [-0.39, 0.29) is 11.6 Å². The average Bonchev–Trinajstić information content (AvgIpc) is 3.16. The molecule has 1 atom stereocenters. The van der Waals surface area contributed by atoms with E-state index in [4.69, 9.17) is 0 Å². The molecule has 0 aromatic heterocycles. The highest BCUT2D eigenvalue weighted by atomic mass is 16.2. The SMILES string of the molecule is O=C1c2ccccc2/C(=N/Nc2ccccc2)C1C(=O)C(c1ccccc1)c1ccccc1.